The van der Waals surface area contributed by atoms with E-state index < -0.39 is 0 Å². The molecule has 33 heavy (non-hydrogen) atoms. The second-order valence-corrected chi connectivity index (χ2v) is 9.52. The maximum Gasteiger partial charge on any atom is 0.195 e. The second-order valence-electron chi connectivity index (χ2n) is 8.54. The first-order chi connectivity index (χ1) is 16.2. The van der Waals surface area contributed by atoms with Crippen LogP contribution in [0.3, 0.4) is 0 Å². The molecule has 0 aromatic heterocycles. The number of aliphatic imine (C=N–C) groups is 2. The van der Waals surface area contributed by atoms with Crippen molar-refractivity contribution < 1.29 is 0 Å². The monoisotopic (exact) mass is 457 g/mol. The molecule has 1 aliphatic carbocycles. The third-order valence-corrected chi connectivity index (χ3v) is 7.05. The number of thioether (sulfide) groups is 1. The van der Waals surface area contributed by atoms with E-state index in [0.29, 0.717) is 5.56 Å². The Balaban J connectivity index is 1.40. The van der Waals surface area contributed by atoms with Gasteiger partial charge in [-0.25, -0.2) is 0 Å². The molecule has 0 saturated carbocycles. The molecule has 0 saturated heterocycles. The number of anilines is 1. The first-order valence-corrected chi connectivity index (χ1v) is 12.7. The van der Waals surface area contributed by atoms with Gasteiger partial charge in [0.05, 0.1) is 17.3 Å². The molecule has 0 unspecified atom stereocenters. The lowest BCUT2D eigenvalue weighted by molar-refractivity contribution is 0.685. The molecule has 0 atom stereocenters. The SMILES string of the molecule is C=N/C(=C\SCCc1cc(C)c(NC2=NCCCN2)cc1C#N)c1ccc2c(c1)CCCC2. The smallest absolute Gasteiger partial charge is 0.195 e. The highest BCUT2D eigenvalue weighted by Crippen LogP contribution is 2.28. The zero-order valence-corrected chi connectivity index (χ0v) is 20.1. The lowest BCUT2D eigenvalue weighted by atomic mass is 9.90. The van der Waals surface area contributed by atoms with Gasteiger partial charge in [-0.05, 0) is 92.0 Å². The van der Waals surface area contributed by atoms with E-state index in [1.165, 1.54) is 30.4 Å². The Labute approximate surface area is 201 Å². The van der Waals surface area contributed by atoms with Crippen molar-refractivity contribution in [3.05, 3.63) is 69.1 Å². The number of nitriles is 1. The van der Waals surface area contributed by atoms with E-state index in [-0.39, 0.29) is 0 Å². The average Bonchev–Trinajstić information content (AvgIpc) is 2.86. The average molecular weight is 458 g/mol. The van der Waals surface area contributed by atoms with Crippen molar-refractivity contribution >= 4 is 35.8 Å². The van der Waals surface area contributed by atoms with Crippen LogP contribution in [0.1, 0.15) is 52.6 Å². The quantitative estimate of drug-likeness (QED) is 0.426. The standard InChI is InChI=1S/C27H31N5S/c1-19-14-22(24(17-28)16-25(19)32-27-30-11-5-12-31-27)10-13-33-18-26(29-2)23-9-8-20-6-3-4-7-21(20)15-23/h8-9,14-16,18H,2-7,10-13H2,1H3,(H2,30,31,32)/b26-18-. The molecule has 2 aromatic carbocycles. The van der Waals surface area contributed by atoms with Gasteiger partial charge < -0.3 is 10.6 Å². The fraction of sp³-hybridized carbons (Fsp3) is 0.370. The zero-order chi connectivity index (χ0) is 23.0. The molecule has 2 N–H and O–H groups in total. The van der Waals surface area contributed by atoms with E-state index in [2.05, 4.69) is 70.0 Å². The molecule has 0 fully saturated rings. The van der Waals surface area contributed by atoms with Gasteiger partial charge in [-0.15, -0.1) is 11.8 Å². The van der Waals surface area contributed by atoms with Gasteiger partial charge in [-0.2, -0.15) is 5.26 Å². The summed E-state index contributed by atoms with van der Waals surface area (Å²) >= 11 is 1.72. The van der Waals surface area contributed by atoms with Crippen LogP contribution >= 0.6 is 11.8 Å². The van der Waals surface area contributed by atoms with Crippen LogP contribution in [-0.2, 0) is 19.3 Å². The van der Waals surface area contributed by atoms with E-state index in [1.807, 2.05) is 6.07 Å². The number of guanidine groups is 1. The van der Waals surface area contributed by atoms with Crippen LogP contribution in [0.5, 0.6) is 0 Å². The maximum absolute atomic E-state index is 9.70. The zero-order valence-electron chi connectivity index (χ0n) is 19.3. The summed E-state index contributed by atoms with van der Waals surface area (Å²) in [6, 6.07) is 13.1. The minimum Gasteiger partial charge on any atom is -0.356 e. The minimum absolute atomic E-state index is 0.709. The minimum atomic E-state index is 0.709. The van der Waals surface area contributed by atoms with Gasteiger partial charge in [0.25, 0.3) is 0 Å². The normalized spacial score (nSPS) is 15.6. The fourth-order valence-electron chi connectivity index (χ4n) is 4.35. The number of nitrogens with zero attached hydrogens (tertiary/aromatic N) is 3. The Kier molecular flexibility index (Phi) is 7.85. The van der Waals surface area contributed by atoms with E-state index >= 15 is 0 Å². The van der Waals surface area contributed by atoms with Crippen molar-refractivity contribution in [2.45, 2.75) is 45.4 Å². The van der Waals surface area contributed by atoms with Crippen LogP contribution < -0.4 is 10.6 Å². The van der Waals surface area contributed by atoms with E-state index in [4.69, 9.17) is 0 Å². The summed E-state index contributed by atoms with van der Waals surface area (Å²) in [7, 11) is 0. The Morgan fingerprint density at radius 3 is 2.85 bits per heavy atom. The summed E-state index contributed by atoms with van der Waals surface area (Å²) in [5.74, 6) is 1.66. The predicted octanol–water partition coefficient (Wildman–Crippen LogP) is 5.48. The van der Waals surface area contributed by atoms with Crippen LogP contribution in [0.25, 0.3) is 5.70 Å². The van der Waals surface area contributed by atoms with Crippen LogP contribution in [0.2, 0.25) is 0 Å². The maximum atomic E-state index is 9.70. The number of hydrogen-bond acceptors (Lipinski definition) is 6. The van der Waals surface area contributed by atoms with Gasteiger partial charge >= 0.3 is 0 Å². The van der Waals surface area contributed by atoms with Gasteiger partial charge in [-0.1, -0.05) is 18.2 Å². The third kappa shape index (κ3) is 5.85. The van der Waals surface area contributed by atoms with Gasteiger partial charge in [-0.3, -0.25) is 9.98 Å². The largest absolute Gasteiger partial charge is 0.356 e. The molecule has 0 amide bonds. The molecule has 0 spiro atoms. The summed E-state index contributed by atoms with van der Waals surface area (Å²) in [6.07, 6.45) is 6.77. The van der Waals surface area contributed by atoms with Crippen LogP contribution in [0.4, 0.5) is 5.69 Å². The fourth-order valence-corrected chi connectivity index (χ4v) is 5.18. The van der Waals surface area contributed by atoms with Crippen molar-refractivity contribution in [1.29, 1.82) is 5.26 Å². The van der Waals surface area contributed by atoms with Gasteiger partial charge in [0.1, 0.15) is 0 Å². The highest BCUT2D eigenvalue weighted by molar-refractivity contribution is 8.02. The van der Waals surface area contributed by atoms with Gasteiger partial charge in [0, 0.05) is 30.1 Å². The summed E-state index contributed by atoms with van der Waals surface area (Å²) in [5.41, 5.74) is 8.82. The van der Waals surface area contributed by atoms with E-state index in [1.54, 1.807) is 11.8 Å². The highest BCUT2D eigenvalue weighted by Gasteiger charge is 2.12. The summed E-state index contributed by atoms with van der Waals surface area (Å²) < 4.78 is 0. The number of benzene rings is 2. The third-order valence-electron chi connectivity index (χ3n) is 6.22. The van der Waals surface area contributed by atoms with Gasteiger partial charge in [0.15, 0.2) is 5.96 Å². The molecular weight excluding hydrogens is 426 g/mol. The number of fused-ring (bicyclic) bond motifs is 1. The number of nitrogens with one attached hydrogen (secondary N) is 2. The molecular formula is C27H31N5S. The Morgan fingerprint density at radius 2 is 2.09 bits per heavy atom. The summed E-state index contributed by atoms with van der Waals surface area (Å²) in [4.78, 5) is 8.74. The molecule has 4 rings (SSSR count). The second kappa shape index (κ2) is 11.2. The van der Waals surface area contributed by atoms with Gasteiger partial charge in [0.2, 0.25) is 0 Å². The van der Waals surface area contributed by atoms with Crippen LogP contribution in [0.15, 0.2) is 45.7 Å². The van der Waals surface area contributed by atoms with Crippen LogP contribution in [-0.4, -0.2) is 31.5 Å². The van der Waals surface area contributed by atoms with Crippen molar-refractivity contribution in [1.82, 2.24) is 5.32 Å². The van der Waals surface area contributed by atoms with Crippen molar-refractivity contribution in [2.75, 3.05) is 24.2 Å². The summed E-state index contributed by atoms with van der Waals surface area (Å²) in [6.45, 7) is 7.61. The Bertz CT molecular complexity index is 1130. The van der Waals surface area contributed by atoms with Crippen molar-refractivity contribution in [2.24, 2.45) is 9.98 Å². The van der Waals surface area contributed by atoms with Crippen molar-refractivity contribution in [3.8, 4) is 6.07 Å². The molecule has 2 aromatic rings. The molecule has 6 heteroatoms. The number of aryl methyl sites for hydroxylation is 4. The van der Waals surface area contributed by atoms with Crippen molar-refractivity contribution in [3.63, 3.8) is 0 Å². The summed E-state index contributed by atoms with van der Waals surface area (Å²) in [5, 5.41) is 18.4. The Morgan fingerprint density at radius 1 is 1.24 bits per heavy atom. The molecule has 1 aliphatic heterocycles. The first-order valence-electron chi connectivity index (χ1n) is 11.7. The molecule has 2 aliphatic rings. The lowest BCUT2D eigenvalue weighted by Crippen LogP contribution is -2.35. The molecule has 0 bridgehead atoms. The molecule has 170 valence electrons. The van der Waals surface area contributed by atoms with E-state index in [0.717, 1.165) is 72.1 Å². The number of rotatable bonds is 7. The molecule has 0 radical (unpaired) electrons. The van der Waals surface area contributed by atoms with E-state index in [9.17, 15) is 5.26 Å². The predicted molar refractivity (Wildman–Crippen MR) is 141 cm³/mol. The van der Waals surface area contributed by atoms with Crippen LogP contribution in [0, 0.1) is 18.3 Å². The highest BCUT2D eigenvalue weighted by atomic mass is 32.2. The first kappa shape index (κ1) is 23.1. The molecule has 5 nitrogen and oxygen atoms in total. The Hall–Kier alpha value is -3.04. The topological polar surface area (TPSA) is 72.6 Å². The molecule has 1 heterocycles. The number of hydrogen-bond donors (Lipinski definition) is 2. The lowest BCUT2D eigenvalue weighted by Gasteiger charge is -2.18.